The van der Waals surface area contributed by atoms with E-state index < -0.39 is 0 Å². The second-order valence-electron chi connectivity index (χ2n) is 6.99. The molecule has 2 aromatic rings. The molecule has 1 aromatic heterocycles. The van der Waals surface area contributed by atoms with E-state index >= 15 is 0 Å². The van der Waals surface area contributed by atoms with Gasteiger partial charge in [-0.1, -0.05) is 37.3 Å². The van der Waals surface area contributed by atoms with Crippen molar-refractivity contribution in [3.63, 3.8) is 0 Å². The van der Waals surface area contributed by atoms with E-state index in [1.165, 1.54) is 0 Å². The van der Waals surface area contributed by atoms with Crippen LogP contribution in [0.2, 0.25) is 0 Å². The minimum absolute atomic E-state index is 0.0699. The molecule has 7 nitrogen and oxygen atoms in total. The zero-order valence-electron chi connectivity index (χ0n) is 15.7. The Morgan fingerprint density at radius 3 is 2.56 bits per heavy atom. The van der Waals surface area contributed by atoms with Gasteiger partial charge in [0, 0.05) is 19.1 Å². The lowest BCUT2D eigenvalue weighted by Crippen LogP contribution is -2.46. The molecule has 1 aliphatic rings. The molecule has 27 heavy (non-hydrogen) atoms. The van der Waals surface area contributed by atoms with Crippen molar-refractivity contribution in [2.45, 2.75) is 38.8 Å². The molecule has 0 atom stereocenters. The number of rotatable bonds is 7. The zero-order valence-corrected chi connectivity index (χ0v) is 15.7. The predicted octanol–water partition coefficient (Wildman–Crippen LogP) is 1.17. The third-order valence-corrected chi connectivity index (χ3v) is 5.01. The number of aromatic nitrogens is 2. The van der Waals surface area contributed by atoms with E-state index in [-0.39, 0.29) is 24.4 Å². The number of piperidine rings is 1. The van der Waals surface area contributed by atoms with Crippen molar-refractivity contribution in [3.05, 3.63) is 53.3 Å². The first-order valence-corrected chi connectivity index (χ1v) is 9.47. The van der Waals surface area contributed by atoms with Gasteiger partial charge in [0.05, 0.1) is 30.5 Å². The van der Waals surface area contributed by atoms with Crippen molar-refractivity contribution in [2.75, 3.05) is 19.6 Å². The number of hydrogen-bond acceptors (Lipinski definition) is 4. The zero-order chi connectivity index (χ0) is 19.2. The summed E-state index contributed by atoms with van der Waals surface area (Å²) >= 11 is 0. The molecule has 0 aliphatic carbocycles. The Labute approximate surface area is 159 Å². The lowest BCUT2D eigenvalue weighted by molar-refractivity contribution is -0.119. The summed E-state index contributed by atoms with van der Waals surface area (Å²) in [5.74, 6) is -0.379. The minimum Gasteiger partial charge on any atom is -0.369 e. The van der Waals surface area contributed by atoms with E-state index in [4.69, 9.17) is 5.73 Å². The highest BCUT2D eigenvalue weighted by atomic mass is 16.2. The highest BCUT2D eigenvalue weighted by molar-refractivity contribution is 5.95. The topological polar surface area (TPSA) is 93.2 Å². The standard InChI is InChI=1S/C20H27N5O2/c1-2-18-17(12-22-25(18)13-15-6-4-3-5-7-15)20(27)23-16-8-10-24(11-9-16)14-19(21)26/h3-7,12,16H,2,8-11,13-14H2,1H3,(H2,21,26)(H,23,27). The van der Waals surface area contributed by atoms with Crippen molar-refractivity contribution >= 4 is 11.8 Å². The summed E-state index contributed by atoms with van der Waals surface area (Å²) in [6.45, 7) is 4.51. The van der Waals surface area contributed by atoms with Crippen molar-refractivity contribution in [1.29, 1.82) is 0 Å². The molecule has 1 saturated heterocycles. The summed E-state index contributed by atoms with van der Waals surface area (Å²) in [5.41, 5.74) is 7.99. The first kappa shape index (κ1) is 19.1. The van der Waals surface area contributed by atoms with Gasteiger partial charge in [0.2, 0.25) is 5.91 Å². The number of primary amides is 1. The monoisotopic (exact) mass is 369 g/mol. The van der Waals surface area contributed by atoms with E-state index in [2.05, 4.69) is 22.5 Å². The molecule has 1 aromatic carbocycles. The Bertz CT molecular complexity index is 779. The van der Waals surface area contributed by atoms with Crippen molar-refractivity contribution in [2.24, 2.45) is 5.73 Å². The summed E-state index contributed by atoms with van der Waals surface area (Å²) in [4.78, 5) is 25.8. The van der Waals surface area contributed by atoms with E-state index in [1.54, 1.807) is 6.20 Å². The van der Waals surface area contributed by atoms with Crippen LogP contribution >= 0.6 is 0 Å². The molecule has 2 heterocycles. The normalized spacial score (nSPS) is 15.6. The van der Waals surface area contributed by atoms with Crippen molar-refractivity contribution in [1.82, 2.24) is 20.0 Å². The number of benzene rings is 1. The molecule has 0 spiro atoms. The van der Waals surface area contributed by atoms with E-state index in [0.717, 1.165) is 43.6 Å². The van der Waals surface area contributed by atoms with Crippen LogP contribution in [-0.2, 0) is 17.8 Å². The molecule has 2 amide bonds. The van der Waals surface area contributed by atoms with Gasteiger partial charge >= 0.3 is 0 Å². The van der Waals surface area contributed by atoms with Gasteiger partial charge in [-0.15, -0.1) is 0 Å². The summed E-state index contributed by atoms with van der Waals surface area (Å²) < 4.78 is 1.90. The lowest BCUT2D eigenvalue weighted by atomic mass is 10.0. The van der Waals surface area contributed by atoms with Crippen LogP contribution in [0.1, 0.15) is 41.4 Å². The van der Waals surface area contributed by atoms with E-state index in [9.17, 15) is 9.59 Å². The quantitative estimate of drug-likeness (QED) is 0.766. The van der Waals surface area contributed by atoms with Gasteiger partial charge in [-0.05, 0) is 24.8 Å². The molecule has 3 N–H and O–H groups in total. The Hall–Kier alpha value is -2.67. The number of carbonyl (C=O) groups excluding carboxylic acids is 2. The van der Waals surface area contributed by atoms with Crippen LogP contribution < -0.4 is 11.1 Å². The van der Waals surface area contributed by atoms with Crippen molar-refractivity contribution in [3.8, 4) is 0 Å². The molecule has 0 saturated carbocycles. The van der Waals surface area contributed by atoms with Crippen LogP contribution in [0.15, 0.2) is 36.5 Å². The molecule has 3 rings (SSSR count). The highest BCUT2D eigenvalue weighted by Crippen LogP contribution is 2.15. The molecule has 1 fully saturated rings. The fourth-order valence-electron chi connectivity index (χ4n) is 3.58. The first-order valence-electron chi connectivity index (χ1n) is 9.47. The third-order valence-electron chi connectivity index (χ3n) is 5.01. The molecule has 7 heteroatoms. The van der Waals surface area contributed by atoms with Gasteiger partial charge < -0.3 is 11.1 Å². The lowest BCUT2D eigenvalue weighted by Gasteiger charge is -2.31. The van der Waals surface area contributed by atoms with Crippen LogP contribution in [-0.4, -0.2) is 52.2 Å². The summed E-state index contributed by atoms with van der Waals surface area (Å²) in [6, 6.07) is 10.2. The molecule has 0 bridgehead atoms. The molecule has 144 valence electrons. The fourth-order valence-corrected chi connectivity index (χ4v) is 3.58. The van der Waals surface area contributed by atoms with E-state index in [1.807, 2.05) is 34.7 Å². The minimum atomic E-state index is -0.309. The van der Waals surface area contributed by atoms with Crippen LogP contribution in [0.3, 0.4) is 0 Å². The first-order chi connectivity index (χ1) is 13.1. The number of nitrogens with two attached hydrogens (primary N) is 1. The van der Waals surface area contributed by atoms with Crippen LogP contribution in [0.25, 0.3) is 0 Å². The largest absolute Gasteiger partial charge is 0.369 e. The number of amides is 2. The second-order valence-corrected chi connectivity index (χ2v) is 6.99. The summed E-state index contributed by atoms with van der Waals surface area (Å²) in [5, 5.41) is 7.56. The molecule has 1 aliphatic heterocycles. The van der Waals surface area contributed by atoms with Crippen molar-refractivity contribution < 1.29 is 9.59 Å². The smallest absolute Gasteiger partial charge is 0.254 e. The maximum Gasteiger partial charge on any atom is 0.254 e. The number of carbonyl (C=O) groups is 2. The highest BCUT2D eigenvalue weighted by Gasteiger charge is 2.24. The summed E-state index contributed by atoms with van der Waals surface area (Å²) in [7, 11) is 0. The molecular weight excluding hydrogens is 342 g/mol. The number of hydrogen-bond donors (Lipinski definition) is 2. The van der Waals surface area contributed by atoms with Gasteiger partial charge in [-0.3, -0.25) is 19.2 Å². The molecular formula is C20H27N5O2. The maximum absolute atomic E-state index is 12.8. The van der Waals surface area contributed by atoms with Crippen LogP contribution in [0.5, 0.6) is 0 Å². The average molecular weight is 369 g/mol. The predicted molar refractivity (Wildman–Crippen MR) is 103 cm³/mol. The number of nitrogens with zero attached hydrogens (tertiary/aromatic N) is 3. The number of likely N-dealkylation sites (tertiary alicyclic amines) is 1. The van der Waals surface area contributed by atoms with Gasteiger partial charge in [-0.25, -0.2) is 0 Å². The van der Waals surface area contributed by atoms with E-state index in [0.29, 0.717) is 12.1 Å². The Kier molecular flexibility index (Phi) is 6.24. The Balaban J connectivity index is 1.61. The maximum atomic E-state index is 12.8. The van der Waals surface area contributed by atoms with Gasteiger partial charge in [0.15, 0.2) is 0 Å². The second kappa shape index (κ2) is 8.81. The number of nitrogens with one attached hydrogen (secondary N) is 1. The van der Waals surface area contributed by atoms with Gasteiger partial charge in [-0.2, -0.15) is 5.10 Å². The fraction of sp³-hybridized carbons (Fsp3) is 0.450. The Morgan fingerprint density at radius 1 is 1.22 bits per heavy atom. The summed E-state index contributed by atoms with van der Waals surface area (Å²) in [6.07, 6.45) is 4.04. The molecule has 0 radical (unpaired) electrons. The van der Waals surface area contributed by atoms with Gasteiger partial charge in [0.1, 0.15) is 0 Å². The van der Waals surface area contributed by atoms with Crippen LogP contribution in [0.4, 0.5) is 0 Å². The van der Waals surface area contributed by atoms with Crippen LogP contribution in [0, 0.1) is 0 Å². The Morgan fingerprint density at radius 2 is 1.93 bits per heavy atom. The third kappa shape index (κ3) is 4.95. The van der Waals surface area contributed by atoms with Gasteiger partial charge in [0.25, 0.3) is 5.91 Å². The SMILES string of the molecule is CCc1c(C(=O)NC2CCN(CC(N)=O)CC2)cnn1Cc1ccccc1. The molecule has 0 unspecified atom stereocenters. The average Bonchev–Trinajstić information content (AvgIpc) is 3.06.